The van der Waals surface area contributed by atoms with E-state index in [1.54, 1.807) is 48.5 Å². The summed E-state index contributed by atoms with van der Waals surface area (Å²) in [5, 5.41) is -2.60. The third-order valence-electron chi connectivity index (χ3n) is 2.74. The van der Waals surface area contributed by atoms with E-state index in [0.717, 1.165) is 10.8 Å². The Morgan fingerprint density at radius 2 is 1.12 bits per heavy atom. The standard InChI is InChI=1S/C13H8F3Se/c14-13(15,16)17-11-7-3-1-5-9(11)10-6-2-4-8-12(10)17/h1-8H/q+1. The first-order valence-electron chi connectivity index (χ1n) is 5.08. The molecule has 0 N–H and O–H groups in total. The van der Waals surface area contributed by atoms with E-state index in [0.29, 0.717) is 8.52 Å². The fraction of sp³-hybridized carbons (Fsp3) is 0.0769. The SMILES string of the molecule is FC(F)(F)[se+]1c2ccccc2c2ccccc21. The monoisotopic (exact) mass is 301 g/mol. The van der Waals surface area contributed by atoms with Crippen molar-refractivity contribution in [2.75, 3.05) is 0 Å². The summed E-state index contributed by atoms with van der Waals surface area (Å²) in [5.74, 6) is 0. The van der Waals surface area contributed by atoms with E-state index in [2.05, 4.69) is 0 Å². The molecule has 3 aromatic rings. The van der Waals surface area contributed by atoms with Gasteiger partial charge in [0, 0.05) is 0 Å². The predicted molar refractivity (Wildman–Crippen MR) is 64.3 cm³/mol. The fourth-order valence-electron chi connectivity index (χ4n) is 2.10. The van der Waals surface area contributed by atoms with Crippen LogP contribution >= 0.6 is 0 Å². The van der Waals surface area contributed by atoms with Gasteiger partial charge >= 0.3 is 99.5 Å². The number of fused-ring (bicyclic) bond motifs is 3. The zero-order valence-corrected chi connectivity index (χ0v) is 10.4. The minimum absolute atomic E-state index is 0.487. The molecule has 3 rings (SSSR count). The van der Waals surface area contributed by atoms with Crippen LogP contribution in [-0.4, -0.2) is 13.4 Å². The van der Waals surface area contributed by atoms with Crippen LogP contribution in [0.4, 0.5) is 13.2 Å². The molecule has 2 aromatic carbocycles. The van der Waals surface area contributed by atoms with Crippen LogP contribution in [0.5, 0.6) is 0 Å². The molecule has 0 atom stereocenters. The second-order valence-corrected chi connectivity index (χ2v) is 7.85. The Labute approximate surface area is 99.8 Å². The maximum atomic E-state index is 13.2. The quantitative estimate of drug-likeness (QED) is 0.545. The van der Waals surface area contributed by atoms with Gasteiger partial charge in [-0.05, 0) is 0 Å². The summed E-state index contributed by atoms with van der Waals surface area (Å²) in [4.78, 5) is 0. The summed E-state index contributed by atoms with van der Waals surface area (Å²) in [5.41, 5.74) is 0. The molecule has 86 valence electrons. The third-order valence-corrected chi connectivity index (χ3v) is 7.05. The second kappa shape index (κ2) is 3.62. The van der Waals surface area contributed by atoms with Crippen LogP contribution in [0.3, 0.4) is 0 Å². The summed E-state index contributed by atoms with van der Waals surface area (Å²) in [6.07, 6.45) is 0. The molecular formula is C13H8F3Se+. The molecule has 17 heavy (non-hydrogen) atoms. The van der Waals surface area contributed by atoms with Crippen molar-refractivity contribution in [3.63, 3.8) is 0 Å². The molecule has 0 fully saturated rings. The van der Waals surface area contributed by atoms with Gasteiger partial charge in [0.2, 0.25) is 0 Å². The van der Waals surface area contributed by atoms with Crippen molar-refractivity contribution in [3.8, 4) is 0 Å². The van der Waals surface area contributed by atoms with Gasteiger partial charge in [-0.2, -0.15) is 0 Å². The van der Waals surface area contributed by atoms with Crippen LogP contribution in [-0.2, 0) is 5.07 Å². The van der Waals surface area contributed by atoms with Crippen molar-refractivity contribution in [2.24, 2.45) is 0 Å². The average Bonchev–Trinajstić information content (AvgIpc) is 2.63. The van der Waals surface area contributed by atoms with Crippen LogP contribution in [0, 0.1) is 0 Å². The van der Waals surface area contributed by atoms with Gasteiger partial charge in [-0.1, -0.05) is 0 Å². The molecule has 0 bridgehead atoms. The molecule has 0 aliphatic carbocycles. The molecule has 0 unspecified atom stereocenters. The molecule has 1 heterocycles. The first kappa shape index (κ1) is 10.9. The summed E-state index contributed by atoms with van der Waals surface area (Å²) in [7, 11) is 0. The van der Waals surface area contributed by atoms with Crippen molar-refractivity contribution >= 4 is 32.7 Å². The molecule has 0 saturated carbocycles. The van der Waals surface area contributed by atoms with Crippen LogP contribution in [0.2, 0.25) is 0 Å². The molecule has 0 saturated heterocycles. The van der Waals surface area contributed by atoms with Crippen LogP contribution in [0.25, 0.3) is 19.3 Å². The first-order valence-corrected chi connectivity index (χ1v) is 7.65. The Morgan fingerprint density at radius 3 is 1.53 bits per heavy atom. The molecular weight excluding hydrogens is 292 g/mol. The van der Waals surface area contributed by atoms with E-state index < -0.39 is 18.5 Å². The molecule has 0 aliphatic heterocycles. The van der Waals surface area contributed by atoms with Crippen molar-refractivity contribution in [3.05, 3.63) is 48.5 Å². The van der Waals surface area contributed by atoms with E-state index in [1.807, 2.05) is 0 Å². The van der Waals surface area contributed by atoms with E-state index in [-0.39, 0.29) is 0 Å². The van der Waals surface area contributed by atoms with Crippen molar-refractivity contribution in [2.45, 2.75) is 5.07 Å². The molecule has 0 aliphatic rings. The van der Waals surface area contributed by atoms with Gasteiger partial charge in [0.1, 0.15) is 0 Å². The Hall–Kier alpha value is -1.25. The van der Waals surface area contributed by atoms with Crippen molar-refractivity contribution in [1.29, 1.82) is 0 Å². The molecule has 0 nitrogen and oxygen atoms in total. The number of benzene rings is 2. The zero-order chi connectivity index (χ0) is 12.0. The molecule has 0 amide bonds. The Balaban J connectivity index is 2.60. The van der Waals surface area contributed by atoms with Crippen LogP contribution in [0.15, 0.2) is 48.5 Å². The molecule has 0 spiro atoms. The number of rotatable bonds is 0. The Morgan fingerprint density at radius 1 is 0.706 bits per heavy atom. The van der Waals surface area contributed by atoms with Crippen LogP contribution < -0.4 is 0 Å². The molecule has 4 heteroatoms. The van der Waals surface area contributed by atoms with E-state index in [9.17, 15) is 13.2 Å². The number of hydrogen-bond donors (Lipinski definition) is 0. The normalized spacial score (nSPS) is 12.4. The summed E-state index contributed by atoms with van der Waals surface area (Å²) in [6.45, 7) is 0. The zero-order valence-electron chi connectivity index (χ0n) is 8.66. The maximum absolute atomic E-state index is 13.2. The summed E-state index contributed by atoms with van der Waals surface area (Å²) in [6, 6.07) is 13.8. The first-order chi connectivity index (χ1) is 8.09. The van der Waals surface area contributed by atoms with Gasteiger partial charge in [-0.25, -0.2) is 0 Å². The second-order valence-electron chi connectivity index (χ2n) is 3.74. The predicted octanol–water partition coefficient (Wildman–Crippen LogP) is 4.21. The van der Waals surface area contributed by atoms with Crippen molar-refractivity contribution in [1.82, 2.24) is 0 Å². The topological polar surface area (TPSA) is 0 Å². The fourth-order valence-corrected chi connectivity index (χ4v) is 6.22. The van der Waals surface area contributed by atoms with E-state index in [1.165, 1.54) is 0 Å². The third kappa shape index (κ3) is 1.60. The number of halogens is 3. The average molecular weight is 300 g/mol. The van der Waals surface area contributed by atoms with Gasteiger partial charge in [-0.3, -0.25) is 0 Å². The van der Waals surface area contributed by atoms with Crippen molar-refractivity contribution < 1.29 is 13.2 Å². The summed E-state index contributed by atoms with van der Waals surface area (Å²) < 4.78 is 40.5. The van der Waals surface area contributed by atoms with Gasteiger partial charge in [0.05, 0.1) is 0 Å². The van der Waals surface area contributed by atoms with E-state index >= 15 is 0 Å². The van der Waals surface area contributed by atoms with Gasteiger partial charge in [0.25, 0.3) is 0 Å². The van der Waals surface area contributed by atoms with Crippen LogP contribution in [0.1, 0.15) is 0 Å². The van der Waals surface area contributed by atoms with Gasteiger partial charge in [-0.15, -0.1) is 0 Å². The molecule has 1 aromatic heterocycles. The minimum atomic E-state index is -4.11. The van der Waals surface area contributed by atoms with Gasteiger partial charge in [0.15, 0.2) is 0 Å². The number of hydrogen-bond acceptors (Lipinski definition) is 0. The van der Waals surface area contributed by atoms with Gasteiger partial charge < -0.3 is 0 Å². The Kier molecular flexibility index (Phi) is 2.32. The van der Waals surface area contributed by atoms with E-state index in [4.69, 9.17) is 0 Å². The molecule has 0 radical (unpaired) electrons. The Bertz CT molecular complexity index is 641. The number of alkyl halides is 3. The summed E-state index contributed by atoms with van der Waals surface area (Å²) >= 11 is -2.91.